The molecule has 2 aromatic rings. The summed E-state index contributed by atoms with van der Waals surface area (Å²) in [5, 5.41) is 1.86. The van der Waals surface area contributed by atoms with Gasteiger partial charge in [-0.2, -0.15) is 26.3 Å². The SMILES string of the molecule is COC[C@H](c1ccc2c(nc([C@@H](N)[C@@H](C)O[C@H](C)C(F)(F)F)n2COCC[Si](C)(C)C)c1F)N1C[C@@H](C(F)(F)F)NC1=O. The van der Waals surface area contributed by atoms with Crippen LogP contribution < -0.4 is 11.1 Å². The van der Waals surface area contributed by atoms with Gasteiger partial charge in [0.15, 0.2) is 11.9 Å². The second-order valence-corrected chi connectivity index (χ2v) is 17.4. The van der Waals surface area contributed by atoms with Crippen LogP contribution in [0.25, 0.3) is 11.0 Å². The number of hydrogen-bond acceptors (Lipinski definition) is 6. The molecule has 1 aromatic carbocycles. The molecular formula is C26H38F7N5O4Si. The minimum Gasteiger partial charge on any atom is -0.382 e. The van der Waals surface area contributed by atoms with E-state index in [1.54, 1.807) is 0 Å². The van der Waals surface area contributed by atoms with E-state index in [0.29, 0.717) is 6.61 Å². The summed E-state index contributed by atoms with van der Waals surface area (Å²) in [7, 11) is -0.220. The van der Waals surface area contributed by atoms with Crippen LogP contribution in [0.1, 0.15) is 37.3 Å². The van der Waals surface area contributed by atoms with E-state index in [0.717, 1.165) is 17.9 Å². The molecule has 0 saturated carbocycles. The third kappa shape index (κ3) is 8.37. The molecule has 3 N–H and O–H groups in total. The van der Waals surface area contributed by atoms with Crippen molar-refractivity contribution in [1.29, 1.82) is 0 Å². The molecule has 1 aliphatic rings. The smallest absolute Gasteiger partial charge is 0.382 e. The zero-order valence-electron chi connectivity index (χ0n) is 24.8. The Kier molecular flexibility index (Phi) is 10.8. The number of urea groups is 1. The van der Waals surface area contributed by atoms with Crippen molar-refractivity contribution in [3.05, 3.63) is 29.3 Å². The number of nitrogens with zero attached hydrogens (tertiary/aromatic N) is 3. The zero-order valence-corrected chi connectivity index (χ0v) is 25.8. The molecule has 9 nitrogen and oxygen atoms in total. The normalized spacial score (nSPS) is 19.5. The Bertz CT molecular complexity index is 1270. The Morgan fingerprint density at radius 1 is 1.16 bits per heavy atom. The number of methoxy groups -OCH3 is 1. The molecule has 0 spiro atoms. The summed E-state index contributed by atoms with van der Waals surface area (Å²) in [6.45, 7) is 7.74. The van der Waals surface area contributed by atoms with Gasteiger partial charge in [-0.05, 0) is 26.0 Å². The number of amides is 2. The van der Waals surface area contributed by atoms with Gasteiger partial charge in [-0.1, -0.05) is 25.7 Å². The summed E-state index contributed by atoms with van der Waals surface area (Å²) in [6.07, 6.45) is -12.7. The lowest BCUT2D eigenvalue weighted by molar-refractivity contribution is -0.227. The third-order valence-electron chi connectivity index (χ3n) is 7.21. The summed E-state index contributed by atoms with van der Waals surface area (Å²) < 4.78 is 113. The Labute approximate surface area is 245 Å². The molecule has 1 aliphatic heterocycles. The number of carbonyl (C=O) groups is 1. The highest BCUT2D eigenvalue weighted by atomic mass is 28.3. The van der Waals surface area contributed by atoms with Crippen molar-refractivity contribution in [2.45, 2.75) is 88.9 Å². The summed E-state index contributed by atoms with van der Waals surface area (Å²) >= 11 is 0. The maximum Gasteiger partial charge on any atom is 0.414 e. The van der Waals surface area contributed by atoms with Gasteiger partial charge in [0.2, 0.25) is 0 Å². The van der Waals surface area contributed by atoms with Crippen molar-refractivity contribution in [1.82, 2.24) is 19.8 Å². The van der Waals surface area contributed by atoms with Gasteiger partial charge in [-0.25, -0.2) is 14.2 Å². The van der Waals surface area contributed by atoms with Crippen molar-refractivity contribution >= 4 is 25.1 Å². The van der Waals surface area contributed by atoms with E-state index < -0.39 is 69.2 Å². The van der Waals surface area contributed by atoms with Crippen molar-refractivity contribution in [3.8, 4) is 0 Å². The Hall–Kier alpha value is -2.47. The lowest BCUT2D eigenvalue weighted by Gasteiger charge is -2.27. The van der Waals surface area contributed by atoms with Crippen molar-refractivity contribution in [2.75, 3.05) is 26.9 Å². The first-order valence-corrected chi connectivity index (χ1v) is 17.3. The van der Waals surface area contributed by atoms with Gasteiger partial charge in [-0.15, -0.1) is 0 Å². The van der Waals surface area contributed by atoms with Crippen LogP contribution >= 0.6 is 0 Å². The van der Waals surface area contributed by atoms with Crippen molar-refractivity contribution in [3.63, 3.8) is 0 Å². The topological polar surface area (TPSA) is 104 Å². The van der Waals surface area contributed by atoms with Gasteiger partial charge in [0, 0.05) is 27.4 Å². The first-order valence-electron chi connectivity index (χ1n) is 13.6. The standard InChI is InChI=1S/C26H38F7N5O4Si/c1-14(42-15(2)25(28,29)30)21(34)23-36-22-17(38(23)13-41-9-10-43(4,5)6)8-7-16(20(22)27)18(12-40-3)37-11-19(26(31,32)33)35-24(37)39/h7-8,14-15,18-19,21H,9-13,34H2,1-6H3,(H,35,39)/t14-,15-,18-,19+,21+/m1/s1. The number of alkyl halides is 6. The van der Waals surface area contributed by atoms with Gasteiger partial charge < -0.3 is 34.7 Å². The maximum absolute atomic E-state index is 16.2. The first kappa shape index (κ1) is 35.0. The number of rotatable bonds is 13. The van der Waals surface area contributed by atoms with E-state index >= 15 is 4.39 Å². The average Bonchev–Trinajstić information content (AvgIpc) is 3.45. The second kappa shape index (κ2) is 13.3. The van der Waals surface area contributed by atoms with E-state index in [4.69, 9.17) is 19.9 Å². The molecule has 1 saturated heterocycles. The molecule has 0 aliphatic carbocycles. The number of nitrogens with two attached hydrogens (primary N) is 1. The highest BCUT2D eigenvalue weighted by Crippen LogP contribution is 2.35. The number of ether oxygens (including phenoxy) is 3. The van der Waals surface area contributed by atoms with E-state index in [1.165, 1.54) is 30.7 Å². The second-order valence-electron chi connectivity index (χ2n) is 11.8. The highest BCUT2D eigenvalue weighted by molar-refractivity contribution is 6.76. The number of carbonyl (C=O) groups excluding carboxylic acids is 1. The fourth-order valence-electron chi connectivity index (χ4n) is 4.58. The monoisotopic (exact) mass is 645 g/mol. The predicted octanol–water partition coefficient (Wildman–Crippen LogP) is 5.49. The van der Waals surface area contributed by atoms with Crippen LogP contribution in [-0.4, -0.2) is 86.0 Å². The van der Waals surface area contributed by atoms with Crippen LogP contribution in [0.2, 0.25) is 25.7 Å². The molecule has 3 rings (SSSR count). The Morgan fingerprint density at radius 3 is 2.35 bits per heavy atom. The molecule has 0 radical (unpaired) electrons. The van der Waals surface area contributed by atoms with Gasteiger partial charge in [0.05, 0.1) is 36.9 Å². The van der Waals surface area contributed by atoms with E-state index in [9.17, 15) is 31.1 Å². The van der Waals surface area contributed by atoms with Gasteiger partial charge in [0.25, 0.3) is 0 Å². The molecule has 244 valence electrons. The van der Waals surface area contributed by atoms with Gasteiger partial charge in [0.1, 0.15) is 24.1 Å². The Balaban J connectivity index is 2.04. The minimum absolute atomic E-state index is 0.0136. The molecule has 2 heterocycles. The average molecular weight is 646 g/mol. The molecule has 17 heteroatoms. The fraction of sp³-hybridized carbons (Fsp3) is 0.692. The van der Waals surface area contributed by atoms with Crippen LogP contribution in [0.5, 0.6) is 0 Å². The fourth-order valence-corrected chi connectivity index (χ4v) is 5.34. The Morgan fingerprint density at radius 2 is 1.81 bits per heavy atom. The number of nitrogens with one attached hydrogen (secondary N) is 1. The summed E-state index contributed by atoms with van der Waals surface area (Å²) in [6, 6.07) is -2.13. The van der Waals surface area contributed by atoms with Crippen molar-refractivity contribution in [2.24, 2.45) is 5.73 Å². The van der Waals surface area contributed by atoms with Crippen molar-refractivity contribution < 1.29 is 49.7 Å². The van der Waals surface area contributed by atoms with Gasteiger partial charge in [-0.3, -0.25) is 0 Å². The lowest BCUT2D eigenvalue weighted by Crippen LogP contribution is -2.40. The molecule has 43 heavy (non-hydrogen) atoms. The molecule has 0 bridgehead atoms. The first-order chi connectivity index (χ1) is 19.8. The van der Waals surface area contributed by atoms with E-state index in [1.807, 2.05) is 5.32 Å². The van der Waals surface area contributed by atoms with E-state index in [-0.39, 0.29) is 35.8 Å². The molecule has 5 atom stereocenters. The lowest BCUT2D eigenvalue weighted by atomic mass is 10.0. The number of imidazole rings is 1. The van der Waals surface area contributed by atoms with Crippen LogP contribution in [0.15, 0.2) is 12.1 Å². The molecule has 0 unspecified atom stereocenters. The third-order valence-corrected chi connectivity index (χ3v) is 8.92. The zero-order chi connectivity index (χ0) is 32.5. The number of aromatic nitrogens is 2. The van der Waals surface area contributed by atoms with Gasteiger partial charge >= 0.3 is 18.4 Å². The molecular weight excluding hydrogens is 607 g/mol. The quantitative estimate of drug-likeness (QED) is 0.170. The summed E-state index contributed by atoms with van der Waals surface area (Å²) in [5.41, 5.74) is 6.08. The van der Waals surface area contributed by atoms with Crippen LogP contribution in [0, 0.1) is 5.82 Å². The van der Waals surface area contributed by atoms with Crippen LogP contribution in [0.3, 0.4) is 0 Å². The molecule has 1 fully saturated rings. The number of benzene rings is 1. The predicted molar refractivity (Wildman–Crippen MR) is 146 cm³/mol. The summed E-state index contributed by atoms with van der Waals surface area (Å²) in [4.78, 5) is 17.6. The molecule has 2 amide bonds. The summed E-state index contributed by atoms with van der Waals surface area (Å²) in [5.74, 6) is -0.963. The number of hydrogen-bond donors (Lipinski definition) is 2. The number of halogens is 7. The minimum atomic E-state index is -4.72. The van der Waals surface area contributed by atoms with Crippen LogP contribution in [0.4, 0.5) is 35.5 Å². The largest absolute Gasteiger partial charge is 0.414 e. The van der Waals surface area contributed by atoms with E-state index in [2.05, 4.69) is 24.6 Å². The highest BCUT2D eigenvalue weighted by Gasteiger charge is 2.49. The molecule has 1 aromatic heterocycles. The maximum atomic E-state index is 16.2. The van der Waals surface area contributed by atoms with Crippen LogP contribution in [-0.2, 0) is 20.9 Å². The number of fused-ring (bicyclic) bond motifs is 1.